The van der Waals surface area contributed by atoms with E-state index >= 15 is 0 Å². The van der Waals surface area contributed by atoms with Crippen LogP contribution in [0.2, 0.25) is 0 Å². The second-order valence-electron chi connectivity index (χ2n) is 2.29. The van der Waals surface area contributed by atoms with Crippen molar-refractivity contribution < 1.29 is 0 Å². The molecular weight excluding hydrogens is 196 g/mol. The van der Waals surface area contributed by atoms with Crippen molar-refractivity contribution in [3.63, 3.8) is 0 Å². The Hall–Kier alpha value is -0.420. The van der Waals surface area contributed by atoms with E-state index in [-0.39, 0.29) is 0 Å². The lowest BCUT2D eigenvalue weighted by Gasteiger charge is -2.27. The SMILES string of the molecule is Brc1ncnn1C1CNC1. The first-order valence-corrected chi connectivity index (χ1v) is 3.93. The molecule has 4 nitrogen and oxygen atoms in total. The normalized spacial score (nSPS) is 18.9. The monoisotopic (exact) mass is 202 g/mol. The summed E-state index contributed by atoms with van der Waals surface area (Å²) in [4.78, 5) is 3.96. The van der Waals surface area contributed by atoms with E-state index < -0.39 is 0 Å². The summed E-state index contributed by atoms with van der Waals surface area (Å²) in [6.07, 6.45) is 1.56. The summed E-state index contributed by atoms with van der Waals surface area (Å²) in [5, 5.41) is 7.22. The molecule has 0 atom stereocenters. The van der Waals surface area contributed by atoms with Gasteiger partial charge in [0.2, 0.25) is 0 Å². The van der Waals surface area contributed by atoms with E-state index in [1.165, 1.54) is 0 Å². The number of rotatable bonds is 1. The number of nitrogens with one attached hydrogen (secondary N) is 1. The third kappa shape index (κ3) is 0.856. The highest BCUT2D eigenvalue weighted by atomic mass is 79.9. The molecule has 0 aliphatic carbocycles. The average Bonchev–Trinajstić information content (AvgIpc) is 2.12. The second-order valence-corrected chi connectivity index (χ2v) is 2.99. The van der Waals surface area contributed by atoms with Gasteiger partial charge >= 0.3 is 0 Å². The summed E-state index contributed by atoms with van der Waals surface area (Å²) >= 11 is 3.30. The van der Waals surface area contributed by atoms with E-state index in [9.17, 15) is 0 Å². The molecule has 0 amide bonds. The van der Waals surface area contributed by atoms with E-state index in [4.69, 9.17) is 0 Å². The first kappa shape index (κ1) is 6.30. The first-order valence-electron chi connectivity index (χ1n) is 3.13. The molecule has 0 saturated carbocycles. The van der Waals surface area contributed by atoms with Crippen molar-refractivity contribution in [3.8, 4) is 0 Å². The Labute approximate surface area is 66.8 Å². The van der Waals surface area contributed by atoms with Crippen LogP contribution in [0.1, 0.15) is 6.04 Å². The summed E-state index contributed by atoms with van der Waals surface area (Å²) in [6.45, 7) is 2.00. The van der Waals surface area contributed by atoms with Crippen LogP contribution < -0.4 is 5.32 Å². The molecule has 0 spiro atoms. The second kappa shape index (κ2) is 2.32. The summed E-state index contributed by atoms with van der Waals surface area (Å²) in [5.41, 5.74) is 0. The van der Waals surface area contributed by atoms with Crippen molar-refractivity contribution in [1.82, 2.24) is 20.1 Å². The predicted octanol–water partition coefficient (Wildman–Crippen LogP) is 0.185. The largest absolute Gasteiger partial charge is 0.312 e. The van der Waals surface area contributed by atoms with Crippen molar-refractivity contribution >= 4 is 15.9 Å². The summed E-state index contributed by atoms with van der Waals surface area (Å²) in [7, 11) is 0. The zero-order chi connectivity index (χ0) is 6.97. The van der Waals surface area contributed by atoms with Gasteiger partial charge in [0.25, 0.3) is 0 Å². The van der Waals surface area contributed by atoms with Crippen molar-refractivity contribution in [2.75, 3.05) is 13.1 Å². The Kier molecular flexibility index (Phi) is 1.46. The highest BCUT2D eigenvalue weighted by molar-refractivity contribution is 9.10. The molecule has 1 aromatic heterocycles. The molecule has 2 rings (SSSR count). The highest BCUT2D eigenvalue weighted by Gasteiger charge is 2.20. The molecule has 0 unspecified atom stereocenters. The molecule has 1 aromatic rings. The van der Waals surface area contributed by atoms with Crippen molar-refractivity contribution in [1.29, 1.82) is 0 Å². The molecule has 1 aliphatic heterocycles. The fourth-order valence-electron chi connectivity index (χ4n) is 0.927. The lowest BCUT2D eigenvalue weighted by atomic mass is 10.2. The zero-order valence-electron chi connectivity index (χ0n) is 5.29. The molecule has 5 heteroatoms. The third-order valence-electron chi connectivity index (χ3n) is 1.64. The molecule has 0 aromatic carbocycles. The Morgan fingerprint density at radius 1 is 1.70 bits per heavy atom. The molecule has 54 valence electrons. The third-order valence-corrected chi connectivity index (χ3v) is 2.20. The van der Waals surface area contributed by atoms with Crippen LogP contribution in [0.5, 0.6) is 0 Å². The number of aromatic nitrogens is 3. The van der Waals surface area contributed by atoms with E-state index in [0.717, 1.165) is 17.8 Å². The molecule has 1 aliphatic rings. The van der Waals surface area contributed by atoms with Crippen LogP contribution >= 0.6 is 15.9 Å². The van der Waals surface area contributed by atoms with Crippen LogP contribution in [0.15, 0.2) is 11.1 Å². The van der Waals surface area contributed by atoms with Crippen LogP contribution in [0.4, 0.5) is 0 Å². The van der Waals surface area contributed by atoms with Gasteiger partial charge in [0.05, 0.1) is 6.04 Å². The quantitative estimate of drug-likeness (QED) is 0.708. The van der Waals surface area contributed by atoms with Gasteiger partial charge in [-0.25, -0.2) is 9.67 Å². The average molecular weight is 203 g/mol. The minimum Gasteiger partial charge on any atom is -0.312 e. The van der Waals surface area contributed by atoms with Crippen molar-refractivity contribution in [3.05, 3.63) is 11.1 Å². The maximum atomic E-state index is 4.06. The van der Waals surface area contributed by atoms with E-state index in [1.807, 2.05) is 4.68 Å². The molecule has 2 heterocycles. The number of hydrogen-bond donors (Lipinski definition) is 1. The van der Waals surface area contributed by atoms with Gasteiger partial charge < -0.3 is 5.32 Å². The minimum atomic E-state index is 0.497. The highest BCUT2D eigenvalue weighted by Crippen LogP contribution is 2.14. The van der Waals surface area contributed by atoms with E-state index in [2.05, 4.69) is 31.3 Å². The van der Waals surface area contributed by atoms with Gasteiger partial charge in [-0.1, -0.05) is 0 Å². The molecular formula is C5H7BrN4. The van der Waals surface area contributed by atoms with Crippen LogP contribution in [0, 0.1) is 0 Å². The lowest BCUT2D eigenvalue weighted by molar-refractivity contribution is 0.312. The number of nitrogens with zero attached hydrogens (tertiary/aromatic N) is 3. The van der Waals surface area contributed by atoms with E-state index in [1.54, 1.807) is 6.33 Å². The molecule has 0 bridgehead atoms. The summed E-state index contributed by atoms with van der Waals surface area (Å²) < 4.78 is 2.70. The van der Waals surface area contributed by atoms with Gasteiger partial charge in [-0.3, -0.25) is 0 Å². The molecule has 10 heavy (non-hydrogen) atoms. The minimum absolute atomic E-state index is 0.497. The molecule has 1 saturated heterocycles. The van der Waals surface area contributed by atoms with E-state index in [0.29, 0.717) is 6.04 Å². The molecule has 1 N–H and O–H groups in total. The maximum Gasteiger partial charge on any atom is 0.195 e. The van der Waals surface area contributed by atoms with Gasteiger partial charge in [0, 0.05) is 13.1 Å². The Bertz CT molecular complexity index is 229. The standard InChI is InChI=1S/C5H7BrN4/c6-5-8-3-9-10(5)4-1-7-2-4/h3-4,7H,1-2H2. The molecule has 0 radical (unpaired) electrons. The van der Waals surface area contributed by atoms with Gasteiger partial charge in [0.1, 0.15) is 6.33 Å². The van der Waals surface area contributed by atoms with Crippen LogP contribution in [0.25, 0.3) is 0 Å². The Morgan fingerprint density at radius 2 is 2.50 bits per heavy atom. The smallest absolute Gasteiger partial charge is 0.195 e. The molecule has 1 fully saturated rings. The number of hydrogen-bond acceptors (Lipinski definition) is 3. The van der Waals surface area contributed by atoms with Crippen LogP contribution in [0.3, 0.4) is 0 Å². The van der Waals surface area contributed by atoms with Gasteiger partial charge in [-0.05, 0) is 15.9 Å². The fourth-order valence-corrected chi connectivity index (χ4v) is 1.40. The summed E-state index contributed by atoms with van der Waals surface area (Å²) in [5.74, 6) is 0. The van der Waals surface area contributed by atoms with Gasteiger partial charge in [-0.2, -0.15) is 5.10 Å². The Balaban J connectivity index is 2.23. The van der Waals surface area contributed by atoms with Crippen molar-refractivity contribution in [2.45, 2.75) is 6.04 Å². The van der Waals surface area contributed by atoms with Crippen LogP contribution in [-0.2, 0) is 0 Å². The fraction of sp³-hybridized carbons (Fsp3) is 0.600. The van der Waals surface area contributed by atoms with Gasteiger partial charge in [-0.15, -0.1) is 0 Å². The zero-order valence-corrected chi connectivity index (χ0v) is 6.87. The topological polar surface area (TPSA) is 42.7 Å². The first-order chi connectivity index (χ1) is 4.88. The number of halogens is 1. The Morgan fingerprint density at radius 3 is 2.90 bits per heavy atom. The van der Waals surface area contributed by atoms with Crippen LogP contribution in [-0.4, -0.2) is 27.9 Å². The van der Waals surface area contributed by atoms with Gasteiger partial charge in [0.15, 0.2) is 4.73 Å². The predicted molar refractivity (Wildman–Crippen MR) is 39.6 cm³/mol. The lowest BCUT2D eigenvalue weighted by Crippen LogP contribution is -2.43. The summed E-state index contributed by atoms with van der Waals surface area (Å²) in [6, 6.07) is 0.497. The van der Waals surface area contributed by atoms with Crippen molar-refractivity contribution in [2.24, 2.45) is 0 Å². The maximum absolute atomic E-state index is 4.06.